The summed E-state index contributed by atoms with van der Waals surface area (Å²) >= 11 is 0. The largest absolute Gasteiger partial charge is 0.480 e. The molecule has 0 aromatic rings. The first kappa shape index (κ1) is 16.2. The average molecular weight is 260 g/mol. The van der Waals surface area contributed by atoms with Gasteiger partial charge < -0.3 is 19.6 Å². The van der Waals surface area contributed by atoms with Crippen LogP contribution < -0.4 is 0 Å². The maximum absolute atomic E-state index is 12.0. The molecule has 0 heterocycles. The van der Waals surface area contributed by atoms with Crippen molar-refractivity contribution < 1.29 is 24.2 Å². The summed E-state index contributed by atoms with van der Waals surface area (Å²) < 4.78 is 4.50. The second-order valence-corrected chi connectivity index (χ2v) is 3.69. The number of aliphatic carboxylic acids is 1. The third-order valence-corrected chi connectivity index (χ3v) is 2.29. The number of carbonyl (C=O) groups excluding carboxylic acids is 2. The number of rotatable bonds is 7. The number of nitrogens with zero attached hydrogens (tertiary/aromatic N) is 2. The van der Waals surface area contributed by atoms with Crippen LogP contribution in [0, 0.1) is 0 Å². The number of urea groups is 1. The highest BCUT2D eigenvalue weighted by Gasteiger charge is 2.23. The van der Waals surface area contributed by atoms with Crippen molar-refractivity contribution in [1.29, 1.82) is 0 Å². The van der Waals surface area contributed by atoms with Gasteiger partial charge in [-0.15, -0.1) is 0 Å². The van der Waals surface area contributed by atoms with Crippen LogP contribution in [-0.2, 0) is 14.3 Å². The number of esters is 1. The number of methoxy groups -OCH3 is 1. The van der Waals surface area contributed by atoms with E-state index < -0.39 is 18.0 Å². The smallest absolute Gasteiger partial charge is 0.325 e. The van der Waals surface area contributed by atoms with Gasteiger partial charge in [-0.3, -0.25) is 9.59 Å². The van der Waals surface area contributed by atoms with Crippen molar-refractivity contribution >= 4 is 18.0 Å². The van der Waals surface area contributed by atoms with Crippen LogP contribution in [0.15, 0.2) is 0 Å². The zero-order valence-corrected chi connectivity index (χ0v) is 11.0. The summed E-state index contributed by atoms with van der Waals surface area (Å²) in [5.74, 6) is -1.61. The van der Waals surface area contributed by atoms with Crippen molar-refractivity contribution in [3.8, 4) is 0 Å². The molecule has 0 bridgehead atoms. The summed E-state index contributed by atoms with van der Waals surface area (Å²) in [6, 6.07) is -0.466. The van der Waals surface area contributed by atoms with Crippen LogP contribution in [0.25, 0.3) is 0 Å². The van der Waals surface area contributed by atoms with Crippen molar-refractivity contribution in [2.45, 2.75) is 20.3 Å². The summed E-state index contributed by atoms with van der Waals surface area (Å²) in [5, 5.41) is 8.70. The molecule has 0 aromatic carbocycles. The molecule has 0 aliphatic rings. The monoisotopic (exact) mass is 260 g/mol. The summed E-state index contributed by atoms with van der Waals surface area (Å²) in [6.45, 7) is 3.65. The Morgan fingerprint density at radius 2 is 1.72 bits per heavy atom. The van der Waals surface area contributed by atoms with E-state index in [4.69, 9.17) is 5.11 Å². The molecule has 0 saturated heterocycles. The van der Waals surface area contributed by atoms with E-state index in [1.54, 1.807) is 6.92 Å². The Bertz CT molecular complexity index is 306. The third kappa shape index (κ3) is 5.51. The second kappa shape index (κ2) is 8.32. The van der Waals surface area contributed by atoms with Gasteiger partial charge in [-0.2, -0.15) is 0 Å². The summed E-state index contributed by atoms with van der Waals surface area (Å²) in [7, 11) is 1.24. The number of hydrogen-bond donors (Lipinski definition) is 1. The fraction of sp³-hybridized carbons (Fsp3) is 0.727. The number of carboxylic acids is 1. The van der Waals surface area contributed by atoms with Gasteiger partial charge in [-0.25, -0.2) is 4.79 Å². The first-order valence-corrected chi connectivity index (χ1v) is 5.78. The molecule has 0 aromatic heterocycles. The Kier molecular flexibility index (Phi) is 7.50. The minimum Gasteiger partial charge on any atom is -0.480 e. The molecule has 2 amide bonds. The molecule has 7 heteroatoms. The van der Waals surface area contributed by atoms with Crippen LogP contribution >= 0.6 is 0 Å². The quantitative estimate of drug-likeness (QED) is 0.669. The Morgan fingerprint density at radius 1 is 1.11 bits per heavy atom. The number of carboxylic acid groups (broad SMARTS) is 1. The number of hydrogen-bond acceptors (Lipinski definition) is 4. The Labute approximate surface area is 106 Å². The fourth-order valence-corrected chi connectivity index (χ4v) is 1.41. The van der Waals surface area contributed by atoms with E-state index in [1.807, 2.05) is 6.92 Å². The lowest BCUT2D eigenvalue weighted by molar-refractivity contribution is -0.141. The fourth-order valence-electron chi connectivity index (χ4n) is 1.41. The van der Waals surface area contributed by atoms with E-state index in [1.165, 1.54) is 16.9 Å². The lowest BCUT2D eigenvalue weighted by Gasteiger charge is -2.27. The molecule has 0 spiro atoms. The molecule has 0 atom stereocenters. The van der Waals surface area contributed by atoms with Crippen LogP contribution in [0.1, 0.15) is 20.3 Å². The molecular formula is C11H20N2O5. The van der Waals surface area contributed by atoms with Crippen LogP contribution in [0.4, 0.5) is 4.79 Å². The van der Waals surface area contributed by atoms with Gasteiger partial charge in [0.25, 0.3) is 0 Å². The highest BCUT2D eigenvalue weighted by molar-refractivity contribution is 5.83. The molecule has 0 saturated carbocycles. The van der Waals surface area contributed by atoms with Gasteiger partial charge in [0, 0.05) is 13.1 Å². The van der Waals surface area contributed by atoms with Crippen molar-refractivity contribution in [2.24, 2.45) is 0 Å². The van der Waals surface area contributed by atoms with E-state index in [2.05, 4.69) is 4.74 Å². The number of amides is 2. The standard InChI is InChI=1S/C11H20N2O5/c1-4-6-13(8-10(16)18-3)11(17)12(5-2)7-9(14)15/h4-8H2,1-3H3,(H,14,15). The van der Waals surface area contributed by atoms with Crippen molar-refractivity contribution in [3.63, 3.8) is 0 Å². The van der Waals surface area contributed by atoms with Crippen LogP contribution in [0.2, 0.25) is 0 Å². The Balaban J connectivity index is 4.70. The van der Waals surface area contributed by atoms with E-state index >= 15 is 0 Å². The topological polar surface area (TPSA) is 87.2 Å². The lowest BCUT2D eigenvalue weighted by atomic mass is 10.4. The van der Waals surface area contributed by atoms with Gasteiger partial charge in [0.05, 0.1) is 7.11 Å². The summed E-state index contributed by atoms with van der Waals surface area (Å²) in [6.07, 6.45) is 0.674. The third-order valence-electron chi connectivity index (χ3n) is 2.29. The molecule has 7 nitrogen and oxygen atoms in total. The van der Waals surface area contributed by atoms with E-state index in [9.17, 15) is 14.4 Å². The zero-order valence-electron chi connectivity index (χ0n) is 11.0. The first-order chi connectivity index (χ1) is 8.46. The van der Waals surface area contributed by atoms with Gasteiger partial charge in [0.2, 0.25) is 0 Å². The van der Waals surface area contributed by atoms with E-state index in [0.717, 1.165) is 0 Å². The van der Waals surface area contributed by atoms with Gasteiger partial charge in [-0.1, -0.05) is 6.92 Å². The Hall–Kier alpha value is -1.79. The van der Waals surface area contributed by atoms with E-state index in [0.29, 0.717) is 13.0 Å². The summed E-state index contributed by atoms with van der Waals surface area (Å²) in [4.78, 5) is 36.3. The predicted octanol–water partition coefficient (Wildman–Crippen LogP) is 0.398. The highest BCUT2D eigenvalue weighted by Crippen LogP contribution is 2.01. The van der Waals surface area contributed by atoms with Gasteiger partial charge in [-0.05, 0) is 13.3 Å². The normalized spacial score (nSPS) is 9.72. The number of likely N-dealkylation sites (N-methyl/N-ethyl adjacent to an activating group) is 1. The van der Waals surface area contributed by atoms with E-state index in [-0.39, 0.29) is 19.6 Å². The van der Waals surface area contributed by atoms with Crippen molar-refractivity contribution in [1.82, 2.24) is 9.80 Å². The predicted molar refractivity (Wildman–Crippen MR) is 64.2 cm³/mol. The SMILES string of the molecule is CCCN(CC(=O)OC)C(=O)N(CC)CC(=O)O. The molecule has 18 heavy (non-hydrogen) atoms. The van der Waals surface area contributed by atoms with Crippen molar-refractivity contribution in [2.75, 3.05) is 33.3 Å². The number of carbonyl (C=O) groups is 3. The number of ether oxygens (including phenoxy) is 1. The molecule has 0 aliphatic carbocycles. The zero-order chi connectivity index (χ0) is 14.1. The lowest BCUT2D eigenvalue weighted by Crippen LogP contribution is -2.47. The van der Waals surface area contributed by atoms with Gasteiger partial charge in [0.1, 0.15) is 13.1 Å². The van der Waals surface area contributed by atoms with Crippen LogP contribution in [0.5, 0.6) is 0 Å². The maximum Gasteiger partial charge on any atom is 0.325 e. The molecule has 0 radical (unpaired) electrons. The first-order valence-electron chi connectivity index (χ1n) is 5.78. The summed E-state index contributed by atoms with van der Waals surface area (Å²) in [5.41, 5.74) is 0. The van der Waals surface area contributed by atoms with Gasteiger partial charge in [0.15, 0.2) is 0 Å². The van der Waals surface area contributed by atoms with Crippen LogP contribution in [0.3, 0.4) is 0 Å². The van der Waals surface area contributed by atoms with Crippen LogP contribution in [-0.4, -0.2) is 66.2 Å². The molecule has 0 aliphatic heterocycles. The van der Waals surface area contributed by atoms with Gasteiger partial charge >= 0.3 is 18.0 Å². The Morgan fingerprint density at radius 3 is 2.11 bits per heavy atom. The minimum absolute atomic E-state index is 0.167. The molecule has 1 N–H and O–H groups in total. The minimum atomic E-state index is -1.08. The highest BCUT2D eigenvalue weighted by atomic mass is 16.5. The van der Waals surface area contributed by atoms with Crippen molar-refractivity contribution in [3.05, 3.63) is 0 Å². The molecule has 0 fully saturated rings. The second-order valence-electron chi connectivity index (χ2n) is 3.69. The average Bonchev–Trinajstić information content (AvgIpc) is 2.34. The maximum atomic E-state index is 12.0. The molecular weight excluding hydrogens is 240 g/mol. The molecule has 0 rings (SSSR count). The molecule has 104 valence electrons. The molecule has 0 unspecified atom stereocenters.